The van der Waals surface area contributed by atoms with Crippen molar-refractivity contribution in [1.82, 2.24) is 0 Å². The van der Waals surface area contributed by atoms with E-state index in [1.807, 2.05) is 0 Å². The second-order valence-electron chi connectivity index (χ2n) is 5.67. The van der Waals surface area contributed by atoms with E-state index in [1.54, 1.807) is 56.3 Å². The molecule has 0 saturated carbocycles. The molecule has 27 heavy (non-hydrogen) atoms. The number of para-hydroxylation sites is 2. The van der Waals surface area contributed by atoms with E-state index in [0.29, 0.717) is 11.3 Å². The van der Waals surface area contributed by atoms with Crippen LogP contribution in [0.25, 0.3) is 0 Å². The number of aryl methyl sites for hydroxylation is 1. The Hall–Kier alpha value is -3.35. The maximum atomic E-state index is 12.5. The average molecular weight is 371 g/mol. The third-order valence-electron chi connectivity index (χ3n) is 3.75. The zero-order valence-electron chi connectivity index (χ0n) is 15.2. The van der Waals surface area contributed by atoms with Crippen LogP contribution in [0.3, 0.4) is 0 Å². The predicted octanol–water partition coefficient (Wildman–Crippen LogP) is 2.45. The molecular weight excluding hydrogens is 350 g/mol. The highest BCUT2D eigenvalue weighted by molar-refractivity contribution is 6.00. The van der Waals surface area contributed by atoms with E-state index in [-0.39, 0.29) is 24.5 Å². The number of ether oxygens (including phenoxy) is 2. The Balaban J connectivity index is 2.10. The molecule has 0 unspecified atom stereocenters. The van der Waals surface area contributed by atoms with Gasteiger partial charge in [0, 0.05) is 5.69 Å². The van der Waals surface area contributed by atoms with Crippen LogP contribution in [0, 0.1) is 6.92 Å². The van der Waals surface area contributed by atoms with Gasteiger partial charge in [-0.15, -0.1) is 0 Å². The summed E-state index contributed by atoms with van der Waals surface area (Å²) in [6, 6.07) is 13.2. The number of nitrogens with zero attached hydrogens (tertiary/aromatic N) is 1. The Morgan fingerprint density at radius 1 is 1.00 bits per heavy atom. The van der Waals surface area contributed by atoms with Crippen LogP contribution < -0.4 is 4.90 Å². The number of benzene rings is 2. The van der Waals surface area contributed by atoms with Gasteiger partial charge < -0.3 is 14.6 Å². The number of carbonyl (C=O) groups excluding carboxylic acids is 3. The summed E-state index contributed by atoms with van der Waals surface area (Å²) in [5, 5.41) is 9.94. The largest absolute Gasteiger partial charge is 0.507 e. The van der Waals surface area contributed by atoms with Gasteiger partial charge in [-0.3, -0.25) is 14.5 Å². The van der Waals surface area contributed by atoms with Crippen molar-refractivity contribution in [2.24, 2.45) is 0 Å². The first-order chi connectivity index (χ1) is 12.9. The third kappa shape index (κ3) is 5.31. The Morgan fingerprint density at radius 3 is 2.37 bits per heavy atom. The summed E-state index contributed by atoms with van der Waals surface area (Å²) in [5.41, 5.74) is 0.966. The maximum absolute atomic E-state index is 12.5. The van der Waals surface area contributed by atoms with Crippen molar-refractivity contribution in [3.63, 3.8) is 0 Å². The SMILES string of the molecule is CCOC(=O)CN(C(=O)COC(=O)c1cccc(C)c1O)c1ccccc1. The zero-order valence-corrected chi connectivity index (χ0v) is 15.2. The summed E-state index contributed by atoms with van der Waals surface area (Å²) in [5.74, 6) is -2.18. The predicted molar refractivity (Wildman–Crippen MR) is 98.6 cm³/mol. The lowest BCUT2D eigenvalue weighted by molar-refractivity contribution is -0.142. The zero-order chi connectivity index (χ0) is 19.8. The molecule has 1 N–H and O–H groups in total. The van der Waals surface area contributed by atoms with Crippen molar-refractivity contribution < 1.29 is 29.0 Å². The summed E-state index contributed by atoms with van der Waals surface area (Å²) in [6.45, 7) is 2.62. The Bertz CT molecular complexity index is 818. The number of carbonyl (C=O) groups is 3. The van der Waals surface area contributed by atoms with Gasteiger partial charge in [0.2, 0.25) is 0 Å². The van der Waals surface area contributed by atoms with Crippen LogP contribution in [0.15, 0.2) is 48.5 Å². The summed E-state index contributed by atoms with van der Waals surface area (Å²) in [6.07, 6.45) is 0. The monoisotopic (exact) mass is 371 g/mol. The fourth-order valence-corrected chi connectivity index (χ4v) is 2.37. The van der Waals surface area contributed by atoms with Gasteiger partial charge in [0.1, 0.15) is 17.9 Å². The number of hydrogen-bond donors (Lipinski definition) is 1. The normalized spacial score (nSPS) is 10.1. The molecule has 0 aliphatic heterocycles. The highest BCUT2D eigenvalue weighted by atomic mass is 16.5. The molecule has 0 aliphatic rings. The van der Waals surface area contributed by atoms with Gasteiger partial charge in [-0.05, 0) is 37.6 Å². The van der Waals surface area contributed by atoms with Crippen molar-refractivity contribution in [3.8, 4) is 5.75 Å². The quantitative estimate of drug-likeness (QED) is 0.752. The molecule has 7 nitrogen and oxygen atoms in total. The molecule has 7 heteroatoms. The Kier molecular flexibility index (Phi) is 6.93. The number of amides is 1. The number of phenolic OH excluding ortho intramolecular Hbond substituents is 1. The van der Waals surface area contributed by atoms with E-state index in [4.69, 9.17) is 9.47 Å². The van der Waals surface area contributed by atoms with Gasteiger partial charge in [-0.1, -0.05) is 30.3 Å². The van der Waals surface area contributed by atoms with Gasteiger partial charge in [0.25, 0.3) is 5.91 Å². The van der Waals surface area contributed by atoms with Crippen LogP contribution in [-0.4, -0.2) is 42.7 Å². The highest BCUT2D eigenvalue weighted by Gasteiger charge is 2.22. The molecule has 0 atom stereocenters. The molecule has 2 aromatic rings. The minimum atomic E-state index is -0.825. The molecule has 0 radical (unpaired) electrons. The van der Waals surface area contributed by atoms with Gasteiger partial charge in [0.15, 0.2) is 6.61 Å². The molecule has 2 rings (SSSR count). The first-order valence-corrected chi connectivity index (χ1v) is 8.40. The van der Waals surface area contributed by atoms with E-state index >= 15 is 0 Å². The second-order valence-corrected chi connectivity index (χ2v) is 5.67. The maximum Gasteiger partial charge on any atom is 0.342 e. The fourth-order valence-electron chi connectivity index (χ4n) is 2.37. The molecule has 0 aromatic heterocycles. The molecule has 0 aliphatic carbocycles. The number of phenols is 1. The van der Waals surface area contributed by atoms with Gasteiger partial charge in [-0.25, -0.2) is 4.79 Å². The lowest BCUT2D eigenvalue weighted by Crippen LogP contribution is -2.39. The highest BCUT2D eigenvalue weighted by Crippen LogP contribution is 2.22. The minimum Gasteiger partial charge on any atom is -0.507 e. The van der Waals surface area contributed by atoms with Crippen LogP contribution in [0.5, 0.6) is 5.75 Å². The molecule has 142 valence electrons. The van der Waals surface area contributed by atoms with Crippen LogP contribution in [0.4, 0.5) is 5.69 Å². The van der Waals surface area contributed by atoms with E-state index in [0.717, 1.165) is 0 Å². The molecule has 0 spiro atoms. The number of rotatable bonds is 7. The van der Waals surface area contributed by atoms with Crippen LogP contribution >= 0.6 is 0 Å². The summed E-state index contributed by atoms with van der Waals surface area (Å²) >= 11 is 0. The lowest BCUT2D eigenvalue weighted by Gasteiger charge is -2.21. The van der Waals surface area contributed by atoms with Crippen LogP contribution in [0.1, 0.15) is 22.8 Å². The van der Waals surface area contributed by atoms with E-state index in [2.05, 4.69) is 0 Å². The summed E-state index contributed by atoms with van der Waals surface area (Å²) < 4.78 is 9.92. The standard InChI is InChI=1S/C20H21NO6/c1-3-26-18(23)12-21(15-9-5-4-6-10-15)17(22)13-27-20(25)16-11-7-8-14(2)19(16)24/h4-11,24H,3,12-13H2,1-2H3. The fraction of sp³-hybridized carbons (Fsp3) is 0.250. The number of esters is 2. The smallest absolute Gasteiger partial charge is 0.342 e. The molecule has 1 amide bonds. The number of aromatic hydroxyl groups is 1. The molecule has 2 aromatic carbocycles. The van der Waals surface area contributed by atoms with E-state index in [9.17, 15) is 19.5 Å². The first-order valence-electron chi connectivity index (χ1n) is 8.40. The molecular formula is C20H21NO6. The van der Waals surface area contributed by atoms with Crippen molar-refractivity contribution in [2.45, 2.75) is 13.8 Å². The first kappa shape index (κ1) is 20.0. The second kappa shape index (κ2) is 9.38. The van der Waals surface area contributed by atoms with E-state index < -0.39 is 24.5 Å². The van der Waals surface area contributed by atoms with Crippen molar-refractivity contribution in [1.29, 1.82) is 0 Å². The van der Waals surface area contributed by atoms with E-state index in [1.165, 1.54) is 11.0 Å². The molecule has 0 bridgehead atoms. The van der Waals surface area contributed by atoms with Crippen molar-refractivity contribution >= 4 is 23.5 Å². The Morgan fingerprint density at radius 2 is 1.70 bits per heavy atom. The topological polar surface area (TPSA) is 93.1 Å². The van der Waals surface area contributed by atoms with Gasteiger partial charge in [-0.2, -0.15) is 0 Å². The molecule has 0 heterocycles. The van der Waals surface area contributed by atoms with Gasteiger partial charge >= 0.3 is 11.9 Å². The van der Waals surface area contributed by atoms with Crippen LogP contribution in [0.2, 0.25) is 0 Å². The third-order valence-corrected chi connectivity index (χ3v) is 3.75. The Labute approximate surface area is 157 Å². The molecule has 0 fully saturated rings. The molecule has 0 saturated heterocycles. The minimum absolute atomic E-state index is 0.0283. The summed E-state index contributed by atoms with van der Waals surface area (Å²) in [4.78, 5) is 37.7. The van der Waals surface area contributed by atoms with Crippen LogP contribution in [-0.2, 0) is 19.1 Å². The number of anilines is 1. The summed E-state index contributed by atoms with van der Waals surface area (Å²) in [7, 11) is 0. The van der Waals surface area contributed by atoms with Crippen molar-refractivity contribution in [3.05, 3.63) is 59.7 Å². The van der Waals surface area contributed by atoms with Crippen molar-refractivity contribution in [2.75, 3.05) is 24.7 Å². The number of hydrogen-bond acceptors (Lipinski definition) is 6. The average Bonchev–Trinajstić information content (AvgIpc) is 2.67. The lowest BCUT2D eigenvalue weighted by atomic mass is 10.1. The van der Waals surface area contributed by atoms with Gasteiger partial charge in [0.05, 0.1) is 6.61 Å².